The first-order valence-corrected chi connectivity index (χ1v) is 4.27. The van der Waals surface area contributed by atoms with Crippen LogP contribution in [0.2, 0.25) is 0 Å². The number of rotatable bonds is 0. The molecule has 0 atom stereocenters. The molecular formula is C9H7OSY-. The minimum Gasteiger partial charge on any atom is -0.212 e. The van der Waals surface area contributed by atoms with Gasteiger partial charge in [-0.2, -0.15) is 29.8 Å². The van der Waals surface area contributed by atoms with Crippen molar-refractivity contribution in [3.05, 3.63) is 35.4 Å². The second-order valence-electron chi connectivity index (χ2n) is 2.65. The summed E-state index contributed by atoms with van der Waals surface area (Å²) in [7, 11) is 0. The van der Waals surface area contributed by atoms with E-state index in [1.54, 1.807) is 0 Å². The van der Waals surface area contributed by atoms with E-state index in [1.807, 2.05) is 12.1 Å². The van der Waals surface area contributed by atoms with Crippen molar-refractivity contribution in [3.63, 3.8) is 0 Å². The summed E-state index contributed by atoms with van der Waals surface area (Å²) in [4.78, 5) is 1.02. The zero-order valence-electron chi connectivity index (χ0n) is 6.54. The summed E-state index contributed by atoms with van der Waals surface area (Å²) in [5, 5.41) is 0. The third-order valence-corrected chi connectivity index (χ3v) is 2.44. The van der Waals surface area contributed by atoms with Crippen molar-refractivity contribution in [2.45, 2.75) is 12.8 Å². The molecular weight excluding hydrogens is 245 g/mol. The Morgan fingerprint density at radius 3 is 2.92 bits per heavy atom. The average Bonchev–Trinajstić information content (AvgIpc) is 2.46. The Balaban J connectivity index is 0.000000720. The predicted octanol–water partition coefficient (Wildman–Crippen LogP) is 0.968. The molecule has 1 nitrogen and oxygen atoms in total. The molecule has 1 radical (unpaired) electrons. The van der Waals surface area contributed by atoms with Crippen LogP contribution in [0.3, 0.4) is 0 Å². The van der Waals surface area contributed by atoms with Gasteiger partial charge in [-0.15, -0.1) is 5.56 Å². The van der Waals surface area contributed by atoms with E-state index in [2.05, 4.69) is 12.1 Å². The maximum Gasteiger partial charge on any atom is 0.0871 e. The zero-order valence-corrected chi connectivity index (χ0v) is 10.2. The van der Waals surface area contributed by atoms with Crippen LogP contribution in [-0.2, 0) is 56.8 Å². The first-order chi connectivity index (χ1) is 5.40. The van der Waals surface area contributed by atoms with Crippen LogP contribution in [0.4, 0.5) is 0 Å². The van der Waals surface area contributed by atoms with Crippen molar-refractivity contribution in [1.82, 2.24) is 0 Å². The zero-order chi connectivity index (χ0) is 7.68. The number of hydrogen-bond donors (Lipinski definition) is 0. The first-order valence-electron chi connectivity index (χ1n) is 3.53. The van der Waals surface area contributed by atoms with E-state index >= 15 is 0 Å². The molecule has 1 aliphatic carbocycles. The fourth-order valence-corrected chi connectivity index (χ4v) is 1.79. The van der Waals surface area contributed by atoms with Crippen LogP contribution in [0.5, 0.6) is 0 Å². The van der Waals surface area contributed by atoms with Gasteiger partial charge in [-0.1, -0.05) is 0 Å². The van der Waals surface area contributed by atoms with Gasteiger partial charge < -0.3 is 0 Å². The summed E-state index contributed by atoms with van der Waals surface area (Å²) in [6.45, 7) is 0. The maximum absolute atomic E-state index is 10.5. The SMILES string of the molecule is O=S=C1Cc2[c-]cccc2C1.[Y]. The summed E-state index contributed by atoms with van der Waals surface area (Å²) in [6, 6.07) is 9.07. The van der Waals surface area contributed by atoms with Crippen LogP contribution in [-0.4, -0.2) is 9.07 Å². The quantitative estimate of drug-likeness (QED) is 0.496. The van der Waals surface area contributed by atoms with E-state index in [0.717, 1.165) is 17.7 Å². The fraction of sp³-hybridized carbons (Fsp3) is 0.222. The number of fused-ring (bicyclic) bond motifs is 1. The fourth-order valence-electron chi connectivity index (χ4n) is 1.37. The van der Waals surface area contributed by atoms with Crippen molar-refractivity contribution in [2.75, 3.05) is 0 Å². The van der Waals surface area contributed by atoms with Gasteiger partial charge in [-0.3, -0.25) is 0 Å². The van der Waals surface area contributed by atoms with Gasteiger partial charge in [0.25, 0.3) is 0 Å². The molecule has 0 spiro atoms. The van der Waals surface area contributed by atoms with Gasteiger partial charge in [-0.25, -0.2) is 4.21 Å². The molecule has 0 bridgehead atoms. The second-order valence-corrected chi connectivity index (χ2v) is 3.39. The van der Waals surface area contributed by atoms with E-state index < -0.39 is 0 Å². The molecule has 1 aliphatic rings. The molecule has 2 rings (SSSR count). The second kappa shape index (κ2) is 4.45. The van der Waals surface area contributed by atoms with Crippen LogP contribution in [0.1, 0.15) is 11.1 Å². The van der Waals surface area contributed by atoms with Crippen molar-refractivity contribution >= 4 is 16.1 Å². The summed E-state index contributed by atoms with van der Waals surface area (Å²) in [5.74, 6) is 0. The Morgan fingerprint density at radius 2 is 2.25 bits per heavy atom. The largest absolute Gasteiger partial charge is 0.212 e. The molecule has 0 aliphatic heterocycles. The van der Waals surface area contributed by atoms with Crippen molar-refractivity contribution < 1.29 is 36.9 Å². The molecule has 0 heterocycles. The average molecular weight is 252 g/mol. The van der Waals surface area contributed by atoms with E-state index in [1.165, 1.54) is 11.1 Å². The van der Waals surface area contributed by atoms with Gasteiger partial charge in [0.2, 0.25) is 0 Å². The van der Waals surface area contributed by atoms with Crippen molar-refractivity contribution in [2.24, 2.45) is 0 Å². The van der Waals surface area contributed by atoms with Crippen LogP contribution < -0.4 is 0 Å². The summed E-state index contributed by atoms with van der Waals surface area (Å²) in [5.41, 5.74) is 2.47. The van der Waals surface area contributed by atoms with E-state index in [-0.39, 0.29) is 32.7 Å². The summed E-state index contributed by atoms with van der Waals surface area (Å²) < 4.78 is 10.5. The Kier molecular flexibility index (Phi) is 3.82. The molecule has 12 heavy (non-hydrogen) atoms. The maximum atomic E-state index is 10.5. The summed E-state index contributed by atoms with van der Waals surface area (Å²) in [6.07, 6.45) is 1.67. The van der Waals surface area contributed by atoms with Crippen LogP contribution >= 0.6 is 0 Å². The molecule has 1 aromatic carbocycles. The number of benzene rings is 1. The van der Waals surface area contributed by atoms with Crippen molar-refractivity contribution in [1.29, 1.82) is 0 Å². The van der Waals surface area contributed by atoms with Gasteiger partial charge in [0.1, 0.15) is 0 Å². The summed E-state index contributed by atoms with van der Waals surface area (Å²) >= 11 is 0.636. The standard InChI is InChI=1S/C9H7OS.Y/c10-11-9-5-7-3-1-2-4-8(7)6-9;/h1-3H,5-6H2;/q-1;. The smallest absolute Gasteiger partial charge is 0.0871 e. The molecule has 0 saturated carbocycles. The Labute approximate surface area is 101 Å². The first kappa shape index (κ1) is 10.3. The Hall–Kier alpha value is 0.214. The van der Waals surface area contributed by atoms with Gasteiger partial charge in [0.05, 0.1) is 11.3 Å². The Morgan fingerprint density at radius 1 is 1.42 bits per heavy atom. The third-order valence-electron chi connectivity index (χ3n) is 1.92. The van der Waals surface area contributed by atoms with Crippen LogP contribution in [0.25, 0.3) is 0 Å². The van der Waals surface area contributed by atoms with Gasteiger partial charge in [0, 0.05) is 37.6 Å². The molecule has 59 valence electrons. The normalized spacial score (nSPS) is 13.5. The third kappa shape index (κ3) is 1.93. The number of hydrogen-bond acceptors (Lipinski definition) is 1. The van der Waals surface area contributed by atoms with Gasteiger partial charge in [0.15, 0.2) is 0 Å². The van der Waals surface area contributed by atoms with E-state index in [9.17, 15) is 4.21 Å². The van der Waals surface area contributed by atoms with Crippen LogP contribution in [0, 0.1) is 6.07 Å². The monoisotopic (exact) mass is 252 g/mol. The molecule has 0 fully saturated rings. The van der Waals surface area contributed by atoms with Crippen LogP contribution in [0.15, 0.2) is 18.2 Å². The molecule has 1 aromatic rings. The topological polar surface area (TPSA) is 17.1 Å². The molecule has 3 heteroatoms. The van der Waals surface area contributed by atoms with Gasteiger partial charge >= 0.3 is 0 Å². The van der Waals surface area contributed by atoms with E-state index in [0.29, 0.717) is 11.3 Å². The molecule has 0 aromatic heterocycles. The minimum absolute atomic E-state index is 0. The van der Waals surface area contributed by atoms with Crippen molar-refractivity contribution in [3.8, 4) is 0 Å². The molecule has 0 N–H and O–H groups in total. The molecule has 0 unspecified atom stereocenters. The Bertz CT molecular complexity index is 315. The van der Waals surface area contributed by atoms with E-state index in [4.69, 9.17) is 0 Å². The van der Waals surface area contributed by atoms with Gasteiger partial charge in [-0.05, 0) is 12.8 Å². The minimum atomic E-state index is 0. The molecule has 0 amide bonds. The molecule has 0 saturated heterocycles. The predicted molar refractivity (Wildman–Crippen MR) is 45.8 cm³/mol.